The van der Waals surface area contributed by atoms with Crippen LogP contribution in [0.1, 0.15) is 11.1 Å². The fourth-order valence-electron chi connectivity index (χ4n) is 2.68. The van der Waals surface area contributed by atoms with E-state index in [2.05, 4.69) is 58.5 Å². The second-order valence-electron chi connectivity index (χ2n) is 5.04. The highest BCUT2D eigenvalue weighted by atomic mass is 14.8. The van der Waals surface area contributed by atoms with Gasteiger partial charge in [-0.25, -0.2) is 4.98 Å². The van der Waals surface area contributed by atoms with Crippen molar-refractivity contribution >= 4 is 34.1 Å². The highest BCUT2D eigenvalue weighted by molar-refractivity contribution is 6.10. The van der Waals surface area contributed by atoms with Crippen LogP contribution in [0.3, 0.4) is 0 Å². The van der Waals surface area contributed by atoms with Crippen molar-refractivity contribution in [2.45, 2.75) is 0 Å². The molecule has 0 aliphatic rings. The highest BCUT2D eigenvalue weighted by Crippen LogP contribution is 2.27. The van der Waals surface area contributed by atoms with E-state index in [-0.39, 0.29) is 0 Å². The van der Waals surface area contributed by atoms with Crippen molar-refractivity contribution in [2.75, 3.05) is 0 Å². The zero-order valence-electron chi connectivity index (χ0n) is 11.5. The molecule has 0 atom stereocenters. The Morgan fingerprint density at radius 2 is 1.62 bits per heavy atom. The molecule has 21 heavy (non-hydrogen) atoms. The fourth-order valence-corrected chi connectivity index (χ4v) is 2.68. The van der Waals surface area contributed by atoms with E-state index < -0.39 is 0 Å². The quantitative estimate of drug-likeness (QED) is 0.552. The Bertz CT molecular complexity index is 934. The molecule has 0 unspecified atom stereocenters. The molecule has 2 aromatic heterocycles. The molecule has 2 heteroatoms. The number of H-pyrrole nitrogens is 1. The van der Waals surface area contributed by atoms with Crippen LogP contribution in [-0.4, -0.2) is 9.97 Å². The van der Waals surface area contributed by atoms with Crippen LogP contribution in [0.2, 0.25) is 0 Å². The number of benzene rings is 2. The van der Waals surface area contributed by atoms with Crippen molar-refractivity contribution in [1.29, 1.82) is 0 Å². The third kappa shape index (κ3) is 2.11. The molecule has 0 bridgehead atoms. The van der Waals surface area contributed by atoms with Crippen molar-refractivity contribution in [3.8, 4) is 0 Å². The molecule has 0 aliphatic heterocycles. The van der Waals surface area contributed by atoms with Gasteiger partial charge >= 0.3 is 0 Å². The zero-order chi connectivity index (χ0) is 14.1. The molecule has 1 N–H and O–H groups in total. The second-order valence-corrected chi connectivity index (χ2v) is 5.04. The standard InChI is InChI=1S/C19H14N2/c1-2-6-14(7-3-1)10-11-15-12-13-20-19-18(15)16-8-4-5-9-17(16)21-19/h1-13H,(H,20,21)/b11-10+. The second kappa shape index (κ2) is 4.91. The molecule has 0 aliphatic carbocycles. The van der Waals surface area contributed by atoms with E-state index in [0.29, 0.717) is 0 Å². The van der Waals surface area contributed by atoms with Gasteiger partial charge in [0.2, 0.25) is 0 Å². The zero-order valence-corrected chi connectivity index (χ0v) is 11.5. The molecule has 100 valence electrons. The molecule has 2 nitrogen and oxygen atoms in total. The Kier molecular flexibility index (Phi) is 2.79. The van der Waals surface area contributed by atoms with Crippen molar-refractivity contribution < 1.29 is 0 Å². The number of aromatic amines is 1. The summed E-state index contributed by atoms with van der Waals surface area (Å²) in [6, 6.07) is 20.7. The summed E-state index contributed by atoms with van der Waals surface area (Å²) in [5, 5.41) is 2.40. The molecular weight excluding hydrogens is 256 g/mol. The summed E-state index contributed by atoms with van der Waals surface area (Å²) >= 11 is 0. The highest BCUT2D eigenvalue weighted by Gasteiger charge is 2.07. The van der Waals surface area contributed by atoms with Crippen LogP contribution < -0.4 is 0 Å². The minimum atomic E-state index is 0.936. The Hall–Kier alpha value is -2.87. The molecule has 0 radical (unpaired) electrons. The molecule has 0 fully saturated rings. The lowest BCUT2D eigenvalue weighted by Crippen LogP contribution is -1.79. The number of hydrogen-bond donors (Lipinski definition) is 1. The van der Waals surface area contributed by atoms with Gasteiger partial charge in [-0.3, -0.25) is 0 Å². The smallest absolute Gasteiger partial charge is 0.138 e. The van der Waals surface area contributed by atoms with Crippen LogP contribution in [0.4, 0.5) is 0 Å². The van der Waals surface area contributed by atoms with Crippen molar-refractivity contribution in [1.82, 2.24) is 9.97 Å². The van der Waals surface area contributed by atoms with E-state index in [9.17, 15) is 0 Å². The van der Waals surface area contributed by atoms with Crippen LogP contribution in [0.25, 0.3) is 34.1 Å². The SMILES string of the molecule is C(=C\c1ccnc2[nH]c3ccccc3c12)/c1ccccc1. The number of aromatic nitrogens is 2. The van der Waals surface area contributed by atoms with Gasteiger partial charge in [0.15, 0.2) is 0 Å². The molecule has 0 spiro atoms. The number of nitrogens with zero attached hydrogens (tertiary/aromatic N) is 1. The number of para-hydroxylation sites is 1. The van der Waals surface area contributed by atoms with Crippen LogP contribution in [-0.2, 0) is 0 Å². The predicted octanol–water partition coefficient (Wildman–Crippen LogP) is 4.89. The van der Waals surface area contributed by atoms with Crippen molar-refractivity contribution in [3.63, 3.8) is 0 Å². The van der Waals surface area contributed by atoms with Gasteiger partial charge in [-0.05, 0) is 23.3 Å². The summed E-state index contributed by atoms with van der Waals surface area (Å²) in [5.41, 5.74) is 4.44. The van der Waals surface area contributed by atoms with Crippen LogP contribution in [0.5, 0.6) is 0 Å². The van der Waals surface area contributed by atoms with E-state index in [4.69, 9.17) is 0 Å². The van der Waals surface area contributed by atoms with Gasteiger partial charge in [0.25, 0.3) is 0 Å². The molecule has 2 aromatic carbocycles. The minimum absolute atomic E-state index is 0.936. The van der Waals surface area contributed by atoms with E-state index >= 15 is 0 Å². The molecule has 4 rings (SSSR count). The Labute approximate surface area is 122 Å². The predicted molar refractivity (Wildman–Crippen MR) is 89.0 cm³/mol. The largest absolute Gasteiger partial charge is 0.339 e. The number of fused-ring (bicyclic) bond motifs is 3. The van der Waals surface area contributed by atoms with E-state index in [1.165, 1.54) is 21.9 Å². The number of nitrogens with one attached hydrogen (secondary N) is 1. The minimum Gasteiger partial charge on any atom is -0.339 e. The molecule has 4 aromatic rings. The summed E-state index contributed by atoms with van der Waals surface area (Å²) < 4.78 is 0. The summed E-state index contributed by atoms with van der Waals surface area (Å²) in [4.78, 5) is 7.82. The lowest BCUT2D eigenvalue weighted by molar-refractivity contribution is 1.34. The maximum Gasteiger partial charge on any atom is 0.138 e. The molecular formula is C19H14N2. The first-order valence-electron chi connectivity index (χ1n) is 7.00. The number of hydrogen-bond acceptors (Lipinski definition) is 1. The van der Waals surface area contributed by atoms with Gasteiger partial charge in [-0.15, -0.1) is 0 Å². The fraction of sp³-hybridized carbons (Fsp3) is 0. The molecule has 0 saturated heterocycles. The third-order valence-corrected chi connectivity index (χ3v) is 3.69. The van der Waals surface area contributed by atoms with Crippen LogP contribution in [0, 0.1) is 0 Å². The third-order valence-electron chi connectivity index (χ3n) is 3.69. The Morgan fingerprint density at radius 3 is 2.52 bits per heavy atom. The first kappa shape index (κ1) is 11.9. The molecule has 0 saturated carbocycles. The van der Waals surface area contributed by atoms with Crippen molar-refractivity contribution in [2.24, 2.45) is 0 Å². The molecule has 2 heterocycles. The lowest BCUT2D eigenvalue weighted by atomic mass is 10.1. The van der Waals surface area contributed by atoms with Gasteiger partial charge in [-0.1, -0.05) is 60.7 Å². The van der Waals surface area contributed by atoms with Crippen LogP contribution in [0.15, 0.2) is 66.9 Å². The maximum absolute atomic E-state index is 4.44. The summed E-state index contributed by atoms with van der Waals surface area (Å²) in [6.45, 7) is 0. The summed E-state index contributed by atoms with van der Waals surface area (Å²) in [6.07, 6.45) is 6.14. The van der Waals surface area contributed by atoms with Gasteiger partial charge in [-0.2, -0.15) is 0 Å². The average Bonchev–Trinajstić information content (AvgIpc) is 2.93. The Morgan fingerprint density at radius 1 is 0.810 bits per heavy atom. The van der Waals surface area contributed by atoms with E-state index in [1.807, 2.05) is 30.5 Å². The normalized spacial score (nSPS) is 11.6. The lowest BCUT2D eigenvalue weighted by Gasteiger charge is -1.98. The van der Waals surface area contributed by atoms with Gasteiger partial charge in [0.1, 0.15) is 5.65 Å². The monoisotopic (exact) mass is 270 g/mol. The van der Waals surface area contributed by atoms with E-state index in [1.54, 1.807) is 0 Å². The summed E-state index contributed by atoms with van der Waals surface area (Å²) in [5.74, 6) is 0. The topological polar surface area (TPSA) is 28.7 Å². The summed E-state index contributed by atoms with van der Waals surface area (Å²) in [7, 11) is 0. The average molecular weight is 270 g/mol. The van der Waals surface area contributed by atoms with Crippen molar-refractivity contribution in [3.05, 3.63) is 78.0 Å². The van der Waals surface area contributed by atoms with Crippen LogP contribution >= 0.6 is 0 Å². The molecule has 0 amide bonds. The van der Waals surface area contributed by atoms with Gasteiger partial charge in [0, 0.05) is 22.5 Å². The van der Waals surface area contributed by atoms with Gasteiger partial charge < -0.3 is 4.98 Å². The number of pyridine rings is 1. The maximum atomic E-state index is 4.44. The van der Waals surface area contributed by atoms with E-state index in [0.717, 1.165) is 11.2 Å². The first-order chi connectivity index (χ1) is 10.4. The number of rotatable bonds is 2. The Balaban J connectivity index is 1.90. The first-order valence-corrected chi connectivity index (χ1v) is 7.00. The van der Waals surface area contributed by atoms with Gasteiger partial charge in [0.05, 0.1) is 0 Å².